The van der Waals surface area contributed by atoms with Gasteiger partial charge in [0.25, 0.3) is 0 Å². The molecule has 11 heteroatoms. The number of ketones is 1. The van der Waals surface area contributed by atoms with Crippen LogP contribution in [0.15, 0.2) is 0 Å². The summed E-state index contributed by atoms with van der Waals surface area (Å²) in [7, 11) is 1.17. The fourth-order valence-corrected chi connectivity index (χ4v) is 9.49. The van der Waals surface area contributed by atoms with Crippen LogP contribution in [-0.2, 0) is 52.4 Å². The predicted molar refractivity (Wildman–Crippen MR) is 149 cm³/mol. The van der Waals surface area contributed by atoms with Crippen LogP contribution in [-0.4, -0.2) is 73.6 Å². The van der Waals surface area contributed by atoms with Crippen LogP contribution in [0.4, 0.5) is 0 Å². The molecule has 43 heavy (non-hydrogen) atoms. The molecular formula is C32H46O11. The smallest absolute Gasteiger partial charge is 0.339 e. The molecule has 240 valence electrons. The zero-order valence-electron chi connectivity index (χ0n) is 26.1. The molecule has 1 saturated heterocycles. The van der Waals surface area contributed by atoms with Crippen molar-refractivity contribution in [2.24, 2.45) is 34.5 Å². The van der Waals surface area contributed by atoms with Gasteiger partial charge in [0.15, 0.2) is 30.7 Å². The fourth-order valence-electron chi connectivity index (χ4n) is 9.49. The van der Waals surface area contributed by atoms with Crippen molar-refractivity contribution >= 4 is 29.7 Å². The second-order valence-electron chi connectivity index (χ2n) is 13.8. The van der Waals surface area contributed by atoms with Crippen molar-refractivity contribution in [3.8, 4) is 0 Å². The fraction of sp³-hybridized carbons (Fsp3) is 0.844. The van der Waals surface area contributed by atoms with Crippen molar-refractivity contribution in [3.05, 3.63) is 0 Å². The summed E-state index contributed by atoms with van der Waals surface area (Å²) in [6.07, 6.45) is 1.30. The van der Waals surface area contributed by atoms with E-state index in [2.05, 4.69) is 13.8 Å². The standard InChI is InChI=1S/C32H46O11/c1-16(33)39-25-26(40-17(2)34)28(41-18(3)35)30(43-27(25)29(37)38-6)42-20-11-13-31(4)19(15-20)7-8-21-22-9-10-24(36)32(22,5)14-12-23(21)31/h19-23,25-28,30H,7-15H2,1-6H3. The number of hydrogen-bond acceptors (Lipinski definition) is 11. The van der Waals surface area contributed by atoms with Crippen molar-refractivity contribution in [1.82, 2.24) is 0 Å². The molecule has 5 fully saturated rings. The van der Waals surface area contributed by atoms with Gasteiger partial charge in [-0.1, -0.05) is 13.8 Å². The van der Waals surface area contributed by atoms with Crippen molar-refractivity contribution in [2.45, 2.75) is 129 Å². The molecule has 0 bridgehead atoms. The van der Waals surface area contributed by atoms with Crippen LogP contribution in [0.3, 0.4) is 0 Å². The van der Waals surface area contributed by atoms with Gasteiger partial charge in [-0.2, -0.15) is 0 Å². The van der Waals surface area contributed by atoms with Gasteiger partial charge in [0.05, 0.1) is 13.2 Å². The summed E-state index contributed by atoms with van der Waals surface area (Å²) < 4.78 is 33.8. The molecule has 11 nitrogen and oxygen atoms in total. The molecule has 0 aromatic rings. The number of carbonyl (C=O) groups is 5. The van der Waals surface area contributed by atoms with E-state index < -0.39 is 54.6 Å². The summed E-state index contributed by atoms with van der Waals surface area (Å²) in [6.45, 7) is 8.13. The number of fused-ring (bicyclic) bond motifs is 5. The zero-order chi connectivity index (χ0) is 31.3. The highest BCUT2D eigenvalue weighted by Crippen LogP contribution is 2.65. The van der Waals surface area contributed by atoms with Gasteiger partial charge in [-0.3, -0.25) is 19.2 Å². The second-order valence-corrected chi connectivity index (χ2v) is 13.8. The van der Waals surface area contributed by atoms with Gasteiger partial charge >= 0.3 is 23.9 Å². The van der Waals surface area contributed by atoms with Crippen LogP contribution in [0.25, 0.3) is 0 Å². The first-order valence-corrected chi connectivity index (χ1v) is 15.7. The Morgan fingerprint density at radius 3 is 2.09 bits per heavy atom. The predicted octanol–water partition coefficient (Wildman–Crippen LogP) is 3.68. The summed E-state index contributed by atoms with van der Waals surface area (Å²) in [6, 6.07) is 0. The van der Waals surface area contributed by atoms with E-state index in [0.717, 1.165) is 58.3 Å². The molecule has 0 N–H and O–H groups in total. The van der Waals surface area contributed by atoms with Gasteiger partial charge in [0.1, 0.15) is 5.78 Å². The van der Waals surface area contributed by atoms with Gasteiger partial charge in [0, 0.05) is 32.6 Å². The molecular weight excluding hydrogens is 560 g/mol. The lowest BCUT2D eigenvalue weighted by Gasteiger charge is -2.60. The van der Waals surface area contributed by atoms with Crippen molar-refractivity contribution in [2.75, 3.05) is 7.11 Å². The summed E-state index contributed by atoms with van der Waals surface area (Å²) >= 11 is 0. The minimum Gasteiger partial charge on any atom is -0.467 e. The minimum atomic E-state index is -1.47. The Balaban J connectivity index is 1.35. The maximum atomic E-state index is 12.8. The van der Waals surface area contributed by atoms with Gasteiger partial charge in [0.2, 0.25) is 0 Å². The quantitative estimate of drug-likeness (QED) is 0.248. The van der Waals surface area contributed by atoms with Gasteiger partial charge in [-0.25, -0.2) is 4.79 Å². The first-order chi connectivity index (χ1) is 20.3. The van der Waals surface area contributed by atoms with Crippen LogP contribution in [0, 0.1) is 34.5 Å². The van der Waals surface area contributed by atoms with E-state index in [9.17, 15) is 24.0 Å². The van der Waals surface area contributed by atoms with Crippen molar-refractivity contribution in [1.29, 1.82) is 0 Å². The lowest BCUT2D eigenvalue weighted by molar-refractivity contribution is -0.315. The number of ether oxygens (including phenoxy) is 6. The Labute approximate surface area is 253 Å². The Morgan fingerprint density at radius 2 is 1.44 bits per heavy atom. The van der Waals surface area contributed by atoms with Crippen LogP contribution >= 0.6 is 0 Å². The third kappa shape index (κ3) is 5.83. The topological polar surface area (TPSA) is 141 Å². The lowest BCUT2D eigenvalue weighted by Crippen LogP contribution is -2.64. The molecule has 5 aliphatic rings. The summed E-state index contributed by atoms with van der Waals surface area (Å²) in [5, 5.41) is 0. The average molecular weight is 607 g/mol. The number of carbonyl (C=O) groups excluding carboxylic acids is 5. The molecule has 12 unspecified atom stereocenters. The van der Waals surface area contributed by atoms with E-state index >= 15 is 0 Å². The Hall–Kier alpha value is -2.53. The van der Waals surface area contributed by atoms with Crippen LogP contribution < -0.4 is 0 Å². The molecule has 0 amide bonds. The molecule has 12 atom stereocenters. The summed E-state index contributed by atoms with van der Waals surface area (Å²) in [4.78, 5) is 61.8. The SMILES string of the molecule is COC(=O)C1OC(OC2CCC3(C)C(CCC4C5CCC(=O)C5(C)CCC43)C2)C(OC(C)=O)C(OC(C)=O)C1OC(C)=O. The van der Waals surface area contributed by atoms with Crippen LogP contribution in [0.5, 0.6) is 0 Å². The van der Waals surface area contributed by atoms with Gasteiger partial charge < -0.3 is 28.4 Å². The number of methoxy groups -OCH3 is 1. The second kappa shape index (κ2) is 12.1. The van der Waals surface area contributed by atoms with Crippen LogP contribution in [0.1, 0.15) is 92.4 Å². The number of rotatable bonds is 6. The molecule has 1 heterocycles. The Bertz CT molecular complexity index is 1140. The Morgan fingerprint density at radius 1 is 0.791 bits per heavy atom. The normalized spacial score (nSPS) is 43.8. The maximum absolute atomic E-state index is 12.8. The van der Waals surface area contributed by atoms with Crippen molar-refractivity contribution < 1.29 is 52.4 Å². The molecule has 0 spiro atoms. The average Bonchev–Trinajstić information content (AvgIpc) is 3.24. The highest BCUT2D eigenvalue weighted by molar-refractivity contribution is 5.87. The molecule has 0 radical (unpaired) electrons. The van der Waals surface area contributed by atoms with Gasteiger partial charge in [-0.05, 0) is 80.5 Å². The molecule has 0 aromatic heterocycles. The van der Waals surface area contributed by atoms with E-state index in [-0.39, 0.29) is 16.9 Å². The molecule has 1 aliphatic heterocycles. The first-order valence-electron chi connectivity index (χ1n) is 15.7. The third-order valence-corrected chi connectivity index (χ3v) is 11.5. The van der Waals surface area contributed by atoms with E-state index in [4.69, 9.17) is 28.4 Å². The Kier molecular flexibility index (Phi) is 8.97. The first kappa shape index (κ1) is 31.9. The third-order valence-electron chi connectivity index (χ3n) is 11.5. The zero-order valence-corrected chi connectivity index (χ0v) is 26.1. The van der Waals surface area contributed by atoms with Crippen LogP contribution in [0.2, 0.25) is 0 Å². The lowest BCUT2D eigenvalue weighted by atomic mass is 9.45. The van der Waals surface area contributed by atoms with E-state index in [1.165, 1.54) is 21.0 Å². The minimum absolute atomic E-state index is 0.133. The monoisotopic (exact) mass is 606 g/mol. The van der Waals surface area contributed by atoms with Gasteiger partial charge in [-0.15, -0.1) is 0 Å². The highest BCUT2D eigenvalue weighted by Gasteiger charge is 2.61. The number of hydrogen-bond donors (Lipinski definition) is 0. The van der Waals surface area contributed by atoms with E-state index in [0.29, 0.717) is 35.9 Å². The number of esters is 4. The molecule has 4 aliphatic carbocycles. The summed E-state index contributed by atoms with van der Waals surface area (Å²) in [5.41, 5.74) is -0.0267. The van der Waals surface area contributed by atoms with Crippen molar-refractivity contribution in [3.63, 3.8) is 0 Å². The van der Waals surface area contributed by atoms with E-state index in [1.54, 1.807) is 0 Å². The van der Waals surface area contributed by atoms with E-state index in [1.807, 2.05) is 0 Å². The maximum Gasteiger partial charge on any atom is 0.339 e. The number of Topliss-reactive ketones (excluding diaryl/α,β-unsaturated/α-hetero) is 1. The molecule has 0 aromatic carbocycles. The largest absolute Gasteiger partial charge is 0.467 e. The summed E-state index contributed by atoms with van der Waals surface area (Å²) in [5.74, 6) is -0.523. The molecule has 4 saturated carbocycles. The molecule has 5 rings (SSSR count). The highest BCUT2D eigenvalue weighted by atomic mass is 16.7.